The molecule has 0 saturated heterocycles. The molecule has 0 radical (unpaired) electrons. The van der Waals surface area contributed by atoms with Gasteiger partial charge in [0.05, 0.1) is 11.1 Å². The summed E-state index contributed by atoms with van der Waals surface area (Å²) in [6.07, 6.45) is 0.233. The number of nitrogens with one attached hydrogen (secondary N) is 1. The molecular weight excluding hydrogens is 396 g/mol. The molecule has 0 atom stereocenters. The van der Waals surface area contributed by atoms with Crippen LogP contribution in [0.3, 0.4) is 0 Å². The standard InChI is InChI=1S/C21H19ClN2O5/c1-13-8-9-14(11-17(13)22)23-18(25)12-29-19(26)7-4-10-24-20(27)15-5-2-3-6-16(15)21(24)28/h2-3,5-6,8-9,11H,4,7,10,12H2,1H3,(H,23,25). The summed E-state index contributed by atoms with van der Waals surface area (Å²) in [5.74, 6) is -1.80. The van der Waals surface area contributed by atoms with E-state index in [2.05, 4.69) is 5.32 Å². The Balaban J connectivity index is 1.40. The van der Waals surface area contributed by atoms with E-state index in [9.17, 15) is 19.2 Å². The van der Waals surface area contributed by atoms with Gasteiger partial charge < -0.3 is 10.1 Å². The van der Waals surface area contributed by atoms with Crippen LogP contribution in [0, 0.1) is 6.92 Å². The number of fused-ring (bicyclic) bond motifs is 1. The topological polar surface area (TPSA) is 92.8 Å². The minimum Gasteiger partial charge on any atom is -0.456 e. The summed E-state index contributed by atoms with van der Waals surface area (Å²) in [6.45, 7) is 1.52. The Hall–Kier alpha value is -3.19. The van der Waals surface area contributed by atoms with Gasteiger partial charge in [-0.25, -0.2) is 0 Å². The van der Waals surface area contributed by atoms with E-state index in [0.717, 1.165) is 10.5 Å². The molecule has 150 valence electrons. The highest BCUT2D eigenvalue weighted by Crippen LogP contribution is 2.23. The highest BCUT2D eigenvalue weighted by molar-refractivity contribution is 6.31. The molecule has 0 bridgehead atoms. The maximum absolute atomic E-state index is 12.2. The molecule has 0 saturated carbocycles. The number of benzene rings is 2. The first kappa shape index (κ1) is 20.5. The fraction of sp³-hybridized carbons (Fsp3) is 0.238. The molecule has 2 aromatic carbocycles. The average Bonchev–Trinajstić information content (AvgIpc) is 2.94. The average molecular weight is 415 g/mol. The van der Waals surface area contributed by atoms with Gasteiger partial charge in [0.15, 0.2) is 6.61 Å². The van der Waals surface area contributed by atoms with Gasteiger partial charge in [-0.2, -0.15) is 0 Å². The monoisotopic (exact) mass is 414 g/mol. The Morgan fingerprint density at radius 3 is 2.34 bits per heavy atom. The third kappa shape index (κ3) is 4.81. The van der Waals surface area contributed by atoms with Crippen LogP contribution in [0.4, 0.5) is 5.69 Å². The molecule has 1 aliphatic rings. The number of halogens is 1. The van der Waals surface area contributed by atoms with Gasteiger partial charge in [-0.3, -0.25) is 24.1 Å². The van der Waals surface area contributed by atoms with Gasteiger partial charge in [-0.05, 0) is 43.2 Å². The maximum atomic E-state index is 12.2. The number of hydrogen-bond donors (Lipinski definition) is 1. The smallest absolute Gasteiger partial charge is 0.306 e. The number of aryl methyl sites for hydroxylation is 1. The van der Waals surface area contributed by atoms with Crippen molar-refractivity contribution < 1.29 is 23.9 Å². The lowest BCUT2D eigenvalue weighted by Gasteiger charge is -2.13. The molecule has 7 nitrogen and oxygen atoms in total. The van der Waals surface area contributed by atoms with Crippen LogP contribution in [0.5, 0.6) is 0 Å². The van der Waals surface area contributed by atoms with E-state index in [4.69, 9.17) is 16.3 Å². The molecule has 3 rings (SSSR count). The van der Waals surface area contributed by atoms with E-state index in [1.54, 1.807) is 42.5 Å². The number of ether oxygens (including phenoxy) is 1. The van der Waals surface area contributed by atoms with Crippen LogP contribution < -0.4 is 5.32 Å². The van der Waals surface area contributed by atoms with Crippen molar-refractivity contribution in [3.05, 3.63) is 64.2 Å². The van der Waals surface area contributed by atoms with E-state index in [-0.39, 0.29) is 31.2 Å². The Labute approximate surface area is 172 Å². The number of carbonyl (C=O) groups excluding carboxylic acids is 4. The molecule has 1 heterocycles. The Bertz CT molecular complexity index is 954. The van der Waals surface area contributed by atoms with Crippen molar-refractivity contribution in [3.8, 4) is 0 Å². The summed E-state index contributed by atoms with van der Waals surface area (Å²) in [7, 11) is 0. The van der Waals surface area contributed by atoms with Crippen molar-refractivity contribution in [1.82, 2.24) is 4.90 Å². The fourth-order valence-corrected chi connectivity index (χ4v) is 3.09. The summed E-state index contributed by atoms with van der Waals surface area (Å²) in [4.78, 5) is 49.3. The number of rotatable bonds is 7. The first-order valence-corrected chi connectivity index (χ1v) is 9.41. The zero-order valence-corrected chi connectivity index (χ0v) is 16.5. The van der Waals surface area contributed by atoms with Crippen molar-refractivity contribution in [2.45, 2.75) is 19.8 Å². The summed E-state index contributed by atoms with van der Waals surface area (Å²) in [5.41, 5.74) is 2.13. The van der Waals surface area contributed by atoms with Crippen molar-refractivity contribution in [2.24, 2.45) is 0 Å². The molecule has 1 N–H and O–H groups in total. The van der Waals surface area contributed by atoms with Gasteiger partial charge in [-0.1, -0.05) is 29.8 Å². The number of carbonyl (C=O) groups is 4. The van der Waals surface area contributed by atoms with Crippen molar-refractivity contribution >= 4 is 41.0 Å². The van der Waals surface area contributed by atoms with Crippen LogP contribution >= 0.6 is 11.6 Å². The normalized spacial score (nSPS) is 12.7. The van der Waals surface area contributed by atoms with E-state index < -0.39 is 18.5 Å². The number of amides is 3. The first-order valence-electron chi connectivity index (χ1n) is 9.03. The highest BCUT2D eigenvalue weighted by Gasteiger charge is 2.34. The first-order chi connectivity index (χ1) is 13.9. The molecule has 0 aliphatic carbocycles. The third-order valence-corrected chi connectivity index (χ3v) is 4.87. The molecule has 8 heteroatoms. The van der Waals surface area contributed by atoms with Gasteiger partial charge in [0.25, 0.3) is 17.7 Å². The molecule has 0 unspecified atom stereocenters. The number of nitrogens with zero attached hydrogens (tertiary/aromatic N) is 1. The number of anilines is 1. The van der Waals surface area contributed by atoms with Crippen LogP contribution in [-0.4, -0.2) is 41.7 Å². The van der Waals surface area contributed by atoms with Gasteiger partial charge in [0, 0.05) is 23.7 Å². The Morgan fingerprint density at radius 2 is 1.72 bits per heavy atom. The van der Waals surface area contributed by atoms with Gasteiger partial charge >= 0.3 is 5.97 Å². The predicted molar refractivity (Wildman–Crippen MR) is 107 cm³/mol. The summed E-state index contributed by atoms with van der Waals surface area (Å²) < 4.78 is 4.94. The molecule has 0 aromatic heterocycles. The number of hydrogen-bond acceptors (Lipinski definition) is 5. The second-order valence-electron chi connectivity index (χ2n) is 6.58. The highest BCUT2D eigenvalue weighted by atomic mass is 35.5. The van der Waals surface area contributed by atoms with Crippen LogP contribution in [0.15, 0.2) is 42.5 Å². The Morgan fingerprint density at radius 1 is 1.07 bits per heavy atom. The summed E-state index contributed by atoms with van der Waals surface area (Å²) >= 11 is 6.00. The van der Waals surface area contributed by atoms with Crippen molar-refractivity contribution in [3.63, 3.8) is 0 Å². The molecule has 2 aromatic rings. The minimum atomic E-state index is -0.585. The van der Waals surface area contributed by atoms with Crippen LogP contribution in [0.2, 0.25) is 5.02 Å². The van der Waals surface area contributed by atoms with Crippen molar-refractivity contribution in [1.29, 1.82) is 0 Å². The van der Waals surface area contributed by atoms with Crippen LogP contribution in [0.1, 0.15) is 39.1 Å². The molecule has 0 spiro atoms. The summed E-state index contributed by atoms with van der Waals surface area (Å²) in [5, 5.41) is 3.11. The van der Waals surface area contributed by atoms with E-state index in [1.165, 1.54) is 0 Å². The van der Waals surface area contributed by atoms with Gasteiger partial charge in [-0.15, -0.1) is 0 Å². The predicted octanol–water partition coefficient (Wildman–Crippen LogP) is 3.21. The molecule has 3 amide bonds. The number of imide groups is 1. The molecule has 29 heavy (non-hydrogen) atoms. The minimum absolute atomic E-state index is 0.0168. The Kier molecular flexibility index (Phi) is 6.29. The van der Waals surface area contributed by atoms with E-state index in [1.807, 2.05) is 6.92 Å². The fourth-order valence-electron chi connectivity index (χ4n) is 2.91. The van der Waals surface area contributed by atoms with E-state index in [0.29, 0.717) is 21.8 Å². The quantitative estimate of drug-likeness (QED) is 0.554. The molecule has 1 aliphatic heterocycles. The molecule has 0 fully saturated rings. The maximum Gasteiger partial charge on any atom is 0.306 e. The zero-order valence-electron chi connectivity index (χ0n) is 15.7. The van der Waals surface area contributed by atoms with Crippen molar-refractivity contribution in [2.75, 3.05) is 18.5 Å². The molecular formula is C21H19ClN2O5. The lowest BCUT2D eigenvalue weighted by Crippen LogP contribution is -2.31. The number of esters is 1. The van der Waals surface area contributed by atoms with Gasteiger partial charge in [0.1, 0.15) is 0 Å². The van der Waals surface area contributed by atoms with Gasteiger partial charge in [0.2, 0.25) is 0 Å². The summed E-state index contributed by atoms with van der Waals surface area (Å²) in [6, 6.07) is 11.7. The second-order valence-corrected chi connectivity index (χ2v) is 6.99. The lowest BCUT2D eigenvalue weighted by atomic mass is 10.1. The van der Waals surface area contributed by atoms with E-state index >= 15 is 0 Å². The largest absolute Gasteiger partial charge is 0.456 e. The van der Waals surface area contributed by atoms with Crippen LogP contribution in [-0.2, 0) is 14.3 Å². The van der Waals surface area contributed by atoms with Crippen LogP contribution in [0.25, 0.3) is 0 Å². The third-order valence-electron chi connectivity index (χ3n) is 4.46. The zero-order chi connectivity index (χ0) is 21.0. The second kappa shape index (κ2) is 8.87. The SMILES string of the molecule is Cc1ccc(NC(=O)COC(=O)CCCN2C(=O)c3ccccc3C2=O)cc1Cl. The lowest BCUT2D eigenvalue weighted by molar-refractivity contribution is -0.147.